The highest BCUT2D eigenvalue weighted by atomic mass is 79.9. The Balaban J connectivity index is 1.67. The Kier molecular flexibility index (Phi) is 4.67. The summed E-state index contributed by atoms with van der Waals surface area (Å²) in [6.07, 6.45) is 1.01. The van der Waals surface area contributed by atoms with E-state index in [1.54, 1.807) is 0 Å². The topological polar surface area (TPSA) is 21.3 Å². The molecule has 1 heterocycles. The maximum atomic E-state index is 5.91. The Bertz CT molecular complexity index is 626. The van der Waals surface area contributed by atoms with Gasteiger partial charge in [-0.05, 0) is 36.2 Å². The Labute approximate surface area is 142 Å². The molecule has 1 saturated heterocycles. The minimum atomic E-state index is 0.187. The molecular weight excluding hydrogens is 394 g/mol. The van der Waals surface area contributed by atoms with Crippen LogP contribution in [0.15, 0.2) is 57.5 Å². The minimum absolute atomic E-state index is 0.187. The third kappa shape index (κ3) is 3.33. The zero-order chi connectivity index (χ0) is 14.7. The van der Waals surface area contributed by atoms with Crippen LogP contribution in [0.5, 0.6) is 5.75 Å². The molecule has 0 radical (unpaired) electrons. The first-order chi connectivity index (χ1) is 10.2. The summed E-state index contributed by atoms with van der Waals surface area (Å²) in [5.74, 6) is 0.916. The summed E-state index contributed by atoms with van der Waals surface area (Å²) in [6.45, 7) is 2.74. The van der Waals surface area contributed by atoms with Crippen LogP contribution in [0.1, 0.15) is 12.0 Å². The molecule has 0 aliphatic carbocycles. The van der Waals surface area contributed by atoms with E-state index >= 15 is 0 Å². The van der Waals surface area contributed by atoms with Crippen LogP contribution < -0.4 is 10.1 Å². The van der Waals surface area contributed by atoms with Crippen molar-refractivity contribution < 1.29 is 4.74 Å². The van der Waals surface area contributed by atoms with Gasteiger partial charge in [-0.3, -0.25) is 0 Å². The van der Waals surface area contributed by atoms with Crippen molar-refractivity contribution in [3.05, 3.63) is 63.0 Å². The maximum absolute atomic E-state index is 5.91. The number of benzene rings is 2. The lowest BCUT2D eigenvalue weighted by Crippen LogP contribution is -2.57. The lowest BCUT2D eigenvalue weighted by Gasteiger charge is -2.43. The molecule has 110 valence electrons. The smallest absolute Gasteiger partial charge is 0.120 e. The van der Waals surface area contributed by atoms with E-state index in [1.165, 1.54) is 10.0 Å². The van der Waals surface area contributed by atoms with Crippen molar-refractivity contribution in [2.24, 2.45) is 0 Å². The Morgan fingerprint density at radius 2 is 1.86 bits per heavy atom. The normalized spacial score (nSPS) is 16.3. The number of hydrogen-bond donors (Lipinski definition) is 1. The average molecular weight is 411 g/mol. The molecule has 21 heavy (non-hydrogen) atoms. The average Bonchev–Trinajstić information content (AvgIpc) is 2.43. The van der Waals surface area contributed by atoms with Crippen molar-refractivity contribution in [2.45, 2.75) is 11.8 Å². The molecule has 1 aliphatic rings. The summed E-state index contributed by atoms with van der Waals surface area (Å²) in [4.78, 5) is 0. The number of halogens is 2. The van der Waals surface area contributed by atoms with Gasteiger partial charge in [0.1, 0.15) is 5.75 Å². The lowest BCUT2D eigenvalue weighted by atomic mass is 9.73. The number of nitrogens with one attached hydrogen (secondary N) is 1. The largest absolute Gasteiger partial charge is 0.494 e. The van der Waals surface area contributed by atoms with Crippen LogP contribution >= 0.6 is 31.9 Å². The standard InChI is InChI=1S/C17H17Br2NO/c18-13-4-3-5-14(10-13)21-9-8-17(11-20-12-17)15-6-1-2-7-16(15)19/h1-7,10,20H,8-9,11-12H2. The quantitative estimate of drug-likeness (QED) is 0.782. The van der Waals surface area contributed by atoms with E-state index in [1.807, 2.05) is 24.3 Å². The summed E-state index contributed by atoms with van der Waals surface area (Å²) in [7, 11) is 0. The molecular formula is C17H17Br2NO. The molecule has 2 nitrogen and oxygen atoms in total. The number of hydrogen-bond acceptors (Lipinski definition) is 2. The number of ether oxygens (including phenoxy) is 1. The maximum Gasteiger partial charge on any atom is 0.120 e. The van der Waals surface area contributed by atoms with Crippen molar-refractivity contribution in [3.63, 3.8) is 0 Å². The van der Waals surface area contributed by atoms with E-state index in [2.05, 4.69) is 61.4 Å². The van der Waals surface area contributed by atoms with E-state index in [9.17, 15) is 0 Å². The van der Waals surface area contributed by atoms with Gasteiger partial charge in [-0.2, -0.15) is 0 Å². The molecule has 0 aromatic heterocycles. The van der Waals surface area contributed by atoms with Gasteiger partial charge >= 0.3 is 0 Å². The van der Waals surface area contributed by atoms with Crippen LogP contribution in [-0.2, 0) is 5.41 Å². The second kappa shape index (κ2) is 6.51. The van der Waals surface area contributed by atoms with Crippen LogP contribution in [0.3, 0.4) is 0 Å². The van der Waals surface area contributed by atoms with Crippen LogP contribution in [0.4, 0.5) is 0 Å². The van der Waals surface area contributed by atoms with Crippen LogP contribution in [0.2, 0.25) is 0 Å². The lowest BCUT2D eigenvalue weighted by molar-refractivity contribution is 0.198. The van der Waals surface area contributed by atoms with E-state index < -0.39 is 0 Å². The first-order valence-electron chi connectivity index (χ1n) is 7.04. The van der Waals surface area contributed by atoms with E-state index in [0.717, 1.165) is 36.3 Å². The van der Waals surface area contributed by atoms with Crippen molar-refractivity contribution in [1.29, 1.82) is 0 Å². The molecule has 0 amide bonds. The van der Waals surface area contributed by atoms with Gasteiger partial charge in [-0.1, -0.05) is 56.1 Å². The highest BCUT2D eigenvalue weighted by molar-refractivity contribution is 9.10. The second-order valence-corrected chi connectivity index (χ2v) is 7.19. The van der Waals surface area contributed by atoms with E-state index in [0.29, 0.717) is 0 Å². The second-order valence-electron chi connectivity index (χ2n) is 5.42. The molecule has 4 heteroatoms. The Morgan fingerprint density at radius 1 is 1.05 bits per heavy atom. The van der Waals surface area contributed by atoms with Gasteiger partial charge in [0.25, 0.3) is 0 Å². The molecule has 1 N–H and O–H groups in total. The molecule has 1 fully saturated rings. The Hall–Kier alpha value is -0.840. The fourth-order valence-electron chi connectivity index (χ4n) is 2.74. The minimum Gasteiger partial charge on any atom is -0.494 e. The summed E-state index contributed by atoms with van der Waals surface area (Å²) >= 11 is 7.15. The highest BCUT2D eigenvalue weighted by Crippen LogP contribution is 2.36. The first kappa shape index (κ1) is 15.1. The summed E-state index contributed by atoms with van der Waals surface area (Å²) in [5, 5.41) is 3.40. The molecule has 0 unspecified atom stereocenters. The van der Waals surface area contributed by atoms with E-state index in [-0.39, 0.29) is 5.41 Å². The molecule has 0 atom stereocenters. The zero-order valence-electron chi connectivity index (χ0n) is 11.6. The summed E-state index contributed by atoms with van der Waals surface area (Å²) in [6, 6.07) is 16.5. The van der Waals surface area contributed by atoms with Gasteiger partial charge in [0.2, 0.25) is 0 Å². The predicted octanol–water partition coefficient (Wildman–Crippen LogP) is 4.52. The van der Waals surface area contributed by atoms with Gasteiger partial charge < -0.3 is 10.1 Å². The fraction of sp³-hybridized carbons (Fsp3) is 0.294. The van der Waals surface area contributed by atoms with Crippen molar-refractivity contribution in [2.75, 3.05) is 19.7 Å². The molecule has 3 rings (SSSR count). The summed E-state index contributed by atoms with van der Waals surface area (Å²) < 4.78 is 8.14. The van der Waals surface area contributed by atoms with Crippen molar-refractivity contribution in [3.8, 4) is 5.75 Å². The van der Waals surface area contributed by atoms with Crippen molar-refractivity contribution in [1.82, 2.24) is 5.32 Å². The van der Waals surface area contributed by atoms with Gasteiger partial charge in [0, 0.05) is 27.4 Å². The fourth-order valence-corrected chi connectivity index (χ4v) is 3.82. The molecule has 0 spiro atoms. The highest BCUT2D eigenvalue weighted by Gasteiger charge is 2.39. The molecule has 2 aromatic carbocycles. The van der Waals surface area contributed by atoms with Gasteiger partial charge in [-0.15, -0.1) is 0 Å². The first-order valence-corrected chi connectivity index (χ1v) is 8.62. The Morgan fingerprint density at radius 3 is 2.52 bits per heavy atom. The van der Waals surface area contributed by atoms with Crippen LogP contribution in [0, 0.1) is 0 Å². The van der Waals surface area contributed by atoms with Crippen molar-refractivity contribution >= 4 is 31.9 Å². The van der Waals surface area contributed by atoms with Gasteiger partial charge in [0.05, 0.1) is 6.61 Å². The SMILES string of the molecule is Brc1cccc(OCCC2(c3ccccc3Br)CNC2)c1. The van der Waals surface area contributed by atoms with Crippen LogP contribution in [0.25, 0.3) is 0 Å². The third-order valence-corrected chi connectivity index (χ3v) is 5.20. The molecule has 0 bridgehead atoms. The number of rotatable bonds is 5. The van der Waals surface area contributed by atoms with Gasteiger partial charge in [0.15, 0.2) is 0 Å². The zero-order valence-corrected chi connectivity index (χ0v) is 14.8. The monoisotopic (exact) mass is 409 g/mol. The molecule has 2 aromatic rings. The predicted molar refractivity (Wildman–Crippen MR) is 92.9 cm³/mol. The van der Waals surface area contributed by atoms with E-state index in [4.69, 9.17) is 4.74 Å². The van der Waals surface area contributed by atoms with Gasteiger partial charge in [-0.25, -0.2) is 0 Å². The third-order valence-electron chi connectivity index (χ3n) is 4.02. The van der Waals surface area contributed by atoms with Crippen LogP contribution in [-0.4, -0.2) is 19.7 Å². The molecule has 1 aliphatic heterocycles. The summed E-state index contributed by atoms with van der Waals surface area (Å²) in [5.41, 5.74) is 1.56. The molecule has 0 saturated carbocycles.